The number of rotatable bonds is 6. The maximum atomic E-state index is 11.9. The molecule has 0 aliphatic heterocycles. The van der Waals surface area contributed by atoms with Crippen LogP contribution in [0.25, 0.3) is 0 Å². The summed E-state index contributed by atoms with van der Waals surface area (Å²) in [5, 5.41) is 2.94. The number of nitrogens with one attached hydrogen (secondary N) is 1. The van der Waals surface area contributed by atoms with Crippen LogP contribution >= 0.6 is 0 Å². The fraction of sp³-hybridized carbons (Fsp3) is 0.533. The van der Waals surface area contributed by atoms with Gasteiger partial charge < -0.3 is 11.1 Å². The predicted molar refractivity (Wildman–Crippen MR) is 76.6 cm³/mol. The number of nitrogens with two attached hydrogens (primary N) is 1. The Morgan fingerprint density at radius 2 is 2.06 bits per heavy atom. The van der Waals surface area contributed by atoms with Crippen molar-refractivity contribution >= 4 is 11.6 Å². The third kappa shape index (κ3) is 4.78. The van der Waals surface area contributed by atoms with Crippen LogP contribution in [0.2, 0.25) is 0 Å². The SMILES string of the molecule is Cc1cc(C(=O)NCCCCC(C)C)ccc1N. The highest BCUT2D eigenvalue weighted by molar-refractivity contribution is 5.94. The number of hydrogen-bond donors (Lipinski definition) is 2. The minimum absolute atomic E-state index is 0.0114. The molecule has 0 bridgehead atoms. The molecule has 18 heavy (non-hydrogen) atoms. The molecule has 0 saturated heterocycles. The van der Waals surface area contributed by atoms with Crippen molar-refractivity contribution in [2.75, 3.05) is 12.3 Å². The first kappa shape index (κ1) is 14.6. The van der Waals surface area contributed by atoms with Gasteiger partial charge in [0.2, 0.25) is 0 Å². The molecular formula is C15H24N2O. The number of carbonyl (C=O) groups excluding carboxylic acids is 1. The normalized spacial score (nSPS) is 10.7. The zero-order chi connectivity index (χ0) is 13.5. The summed E-state index contributed by atoms with van der Waals surface area (Å²) in [7, 11) is 0. The largest absolute Gasteiger partial charge is 0.399 e. The quantitative estimate of drug-likeness (QED) is 0.600. The van der Waals surface area contributed by atoms with Crippen molar-refractivity contribution in [2.45, 2.75) is 40.0 Å². The van der Waals surface area contributed by atoms with E-state index in [9.17, 15) is 4.79 Å². The molecular weight excluding hydrogens is 224 g/mol. The van der Waals surface area contributed by atoms with Gasteiger partial charge in [-0.05, 0) is 43.0 Å². The Morgan fingerprint density at radius 3 is 2.67 bits per heavy atom. The minimum atomic E-state index is -0.0114. The Kier molecular flexibility index (Phi) is 5.69. The van der Waals surface area contributed by atoms with Crippen LogP contribution in [0.3, 0.4) is 0 Å². The fourth-order valence-corrected chi connectivity index (χ4v) is 1.80. The summed E-state index contributed by atoms with van der Waals surface area (Å²) < 4.78 is 0. The van der Waals surface area contributed by atoms with Gasteiger partial charge in [-0.3, -0.25) is 4.79 Å². The van der Waals surface area contributed by atoms with Crippen LogP contribution < -0.4 is 11.1 Å². The fourth-order valence-electron chi connectivity index (χ4n) is 1.80. The molecule has 0 aromatic heterocycles. The number of carbonyl (C=O) groups is 1. The molecule has 0 radical (unpaired) electrons. The predicted octanol–water partition coefficient (Wildman–Crippen LogP) is 3.13. The average Bonchev–Trinajstić information content (AvgIpc) is 2.31. The second-order valence-electron chi connectivity index (χ2n) is 5.22. The Balaban J connectivity index is 2.34. The molecule has 1 aromatic carbocycles. The highest BCUT2D eigenvalue weighted by Crippen LogP contribution is 2.12. The van der Waals surface area contributed by atoms with Gasteiger partial charge in [-0.1, -0.05) is 26.7 Å². The van der Waals surface area contributed by atoms with Crippen molar-refractivity contribution < 1.29 is 4.79 Å². The smallest absolute Gasteiger partial charge is 0.251 e. The summed E-state index contributed by atoms with van der Waals surface area (Å²) in [5.74, 6) is 0.725. The van der Waals surface area contributed by atoms with E-state index < -0.39 is 0 Å². The zero-order valence-electron chi connectivity index (χ0n) is 11.6. The lowest BCUT2D eigenvalue weighted by atomic mass is 10.1. The van der Waals surface area contributed by atoms with Crippen molar-refractivity contribution in [3.05, 3.63) is 29.3 Å². The van der Waals surface area contributed by atoms with Crippen molar-refractivity contribution in [3.8, 4) is 0 Å². The number of anilines is 1. The number of unbranched alkanes of at least 4 members (excludes halogenated alkanes) is 1. The molecule has 0 heterocycles. The van der Waals surface area contributed by atoms with Crippen LogP contribution in [0.15, 0.2) is 18.2 Å². The van der Waals surface area contributed by atoms with Gasteiger partial charge in [0.15, 0.2) is 0 Å². The molecule has 0 spiro atoms. The molecule has 3 nitrogen and oxygen atoms in total. The average molecular weight is 248 g/mol. The first-order valence-corrected chi connectivity index (χ1v) is 6.65. The molecule has 3 N–H and O–H groups in total. The summed E-state index contributed by atoms with van der Waals surface area (Å²) in [6.45, 7) is 7.09. The molecule has 1 amide bonds. The van der Waals surface area contributed by atoms with Crippen LogP contribution in [0.5, 0.6) is 0 Å². The molecule has 0 saturated carbocycles. The van der Waals surface area contributed by atoms with Gasteiger partial charge in [-0.25, -0.2) is 0 Å². The number of aryl methyl sites for hydroxylation is 1. The third-order valence-corrected chi connectivity index (χ3v) is 3.03. The summed E-state index contributed by atoms with van der Waals surface area (Å²) >= 11 is 0. The molecule has 100 valence electrons. The van der Waals surface area contributed by atoms with Crippen molar-refractivity contribution in [3.63, 3.8) is 0 Å². The van der Waals surface area contributed by atoms with E-state index in [1.54, 1.807) is 12.1 Å². The maximum absolute atomic E-state index is 11.9. The van der Waals surface area contributed by atoms with E-state index in [1.165, 1.54) is 12.8 Å². The number of nitrogen functional groups attached to an aromatic ring is 1. The summed E-state index contributed by atoms with van der Waals surface area (Å²) in [5.41, 5.74) is 8.08. The summed E-state index contributed by atoms with van der Waals surface area (Å²) in [4.78, 5) is 11.9. The topological polar surface area (TPSA) is 55.1 Å². The lowest BCUT2D eigenvalue weighted by Crippen LogP contribution is -2.24. The molecule has 0 aliphatic carbocycles. The monoisotopic (exact) mass is 248 g/mol. The van der Waals surface area contributed by atoms with Crippen molar-refractivity contribution in [1.29, 1.82) is 0 Å². The Morgan fingerprint density at radius 1 is 1.33 bits per heavy atom. The minimum Gasteiger partial charge on any atom is -0.399 e. The zero-order valence-corrected chi connectivity index (χ0v) is 11.6. The van der Waals surface area contributed by atoms with Crippen LogP contribution in [0, 0.1) is 12.8 Å². The first-order chi connectivity index (χ1) is 8.50. The number of amides is 1. The van der Waals surface area contributed by atoms with Crippen molar-refractivity contribution in [1.82, 2.24) is 5.32 Å². The van der Waals surface area contributed by atoms with Gasteiger partial charge in [0.05, 0.1) is 0 Å². The highest BCUT2D eigenvalue weighted by atomic mass is 16.1. The van der Waals surface area contributed by atoms with E-state index in [0.29, 0.717) is 5.56 Å². The molecule has 3 heteroatoms. The first-order valence-electron chi connectivity index (χ1n) is 6.65. The Bertz CT molecular complexity index is 399. The van der Waals surface area contributed by atoms with Gasteiger partial charge in [0.25, 0.3) is 5.91 Å². The summed E-state index contributed by atoms with van der Waals surface area (Å²) in [6.07, 6.45) is 3.42. The maximum Gasteiger partial charge on any atom is 0.251 e. The molecule has 1 rings (SSSR count). The molecule has 1 aromatic rings. The molecule has 0 aliphatic rings. The number of hydrogen-bond acceptors (Lipinski definition) is 2. The van der Waals surface area contributed by atoms with Crippen molar-refractivity contribution in [2.24, 2.45) is 5.92 Å². The van der Waals surface area contributed by atoms with Crippen LogP contribution in [-0.2, 0) is 0 Å². The van der Waals surface area contributed by atoms with Gasteiger partial charge >= 0.3 is 0 Å². The highest BCUT2D eigenvalue weighted by Gasteiger charge is 2.05. The van der Waals surface area contributed by atoms with Gasteiger partial charge in [-0.15, -0.1) is 0 Å². The second-order valence-corrected chi connectivity index (χ2v) is 5.22. The van der Waals surface area contributed by atoms with Crippen LogP contribution in [0.1, 0.15) is 49.0 Å². The molecule has 0 unspecified atom stereocenters. The molecule has 0 atom stereocenters. The Hall–Kier alpha value is -1.51. The Labute approximate surface area is 110 Å². The lowest BCUT2D eigenvalue weighted by molar-refractivity contribution is 0.0953. The van der Waals surface area contributed by atoms with Crippen LogP contribution in [0.4, 0.5) is 5.69 Å². The van der Waals surface area contributed by atoms with E-state index in [2.05, 4.69) is 19.2 Å². The van der Waals surface area contributed by atoms with E-state index in [0.717, 1.165) is 30.1 Å². The van der Waals surface area contributed by atoms with E-state index in [4.69, 9.17) is 5.73 Å². The summed E-state index contributed by atoms with van der Waals surface area (Å²) in [6, 6.07) is 5.38. The van der Waals surface area contributed by atoms with E-state index in [1.807, 2.05) is 13.0 Å². The standard InChI is InChI=1S/C15H24N2O/c1-11(2)6-4-5-9-17-15(18)13-7-8-14(16)12(3)10-13/h7-8,10-11H,4-6,9,16H2,1-3H3,(H,17,18). The van der Waals surface area contributed by atoms with E-state index in [-0.39, 0.29) is 5.91 Å². The molecule has 0 fully saturated rings. The van der Waals surface area contributed by atoms with E-state index >= 15 is 0 Å². The van der Waals surface area contributed by atoms with Gasteiger partial charge in [0, 0.05) is 17.8 Å². The lowest BCUT2D eigenvalue weighted by Gasteiger charge is -2.08. The van der Waals surface area contributed by atoms with Gasteiger partial charge in [0.1, 0.15) is 0 Å². The van der Waals surface area contributed by atoms with Crippen LogP contribution in [-0.4, -0.2) is 12.5 Å². The number of benzene rings is 1. The second kappa shape index (κ2) is 7.04. The third-order valence-electron chi connectivity index (χ3n) is 3.03. The van der Waals surface area contributed by atoms with Gasteiger partial charge in [-0.2, -0.15) is 0 Å².